The number of fused-ring (bicyclic) bond motifs is 1. The van der Waals surface area contributed by atoms with Crippen molar-refractivity contribution in [3.8, 4) is 0 Å². The van der Waals surface area contributed by atoms with E-state index in [-0.39, 0.29) is 17.9 Å². The third-order valence-corrected chi connectivity index (χ3v) is 6.48. The first-order valence-electron chi connectivity index (χ1n) is 10.6. The summed E-state index contributed by atoms with van der Waals surface area (Å²) in [7, 11) is 0. The molecule has 0 unspecified atom stereocenters. The maximum Gasteiger partial charge on any atom is 0.261 e. The van der Waals surface area contributed by atoms with Crippen molar-refractivity contribution in [1.29, 1.82) is 0 Å². The summed E-state index contributed by atoms with van der Waals surface area (Å²) in [6.45, 7) is 11.2. The van der Waals surface area contributed by atoms with E-state index in [1.165, 1.54) is 11.3 Å². The van der Waals surface area contributed by atoms with E-state index < -0.39 is 0 Å². The Morgan fingerprint density at radius 3 is 2.48 bits per heavy atom. The predicted octanol–water partition coefficient (Wildman–Crippen LogP) is 3.16. The van der Waals surface area contributed by atoms with Crippen LogP contribution in [-0.4, -0.2) is 65.7 Å². The minimum atomic E-state index is -0.227. The van der Waals surface area contributed by atoms with Gasteiger partial charge in [0.05, 0.1) is 10.3 Å². The highest BCUT2D eigenvalue weighted by Crippen LogP contribution is 2.29. The Bertz CT molecular complexity index is 1060. The summed E-state index contributed by atoms with van der Waals surface area (Å²) in [5, 5.41) is 13.6. The van der Waals surface area contributed by atoms with Crippen LogP contribution in [0.15, 0.2) is 30.3 Å². The Balaban J connectivity index is 1.43. The molecule has 0 aliphatic carbocycles. The van der Waals surface area contributed by atoms with Crippen molar-refractivity contribution in [3.63, 3.8) is 0 Å². The number of hydrogen-bond acceptors (Lipinski definition) is 6. The average molecular weight is 441 g/mol. The van der Waals surface area contributed by atoms with Crippen molar-refractivity contribution < 1.29 is 9.59 Å². The summed E-state index contributed by atoms with van der Waals surface area (Å²) in [6, 6.07) is 9.50. The number of amides is 2. The second-order valence-electron chi connectivity index (χ2n) is 7.98. The van der Waals surface area contributed by atoms with Gasteiger partial charge in [-0.1, -0.05) is 6.92 Å². The Kier molecular flexibility index (Phi) is 6.24. The quantitative estimate of drug-likeness (QED) is 0.548. The summed E-state index contributed by atoms with van der Waals surface area (Å²) in [6.07, 6.45) is 0. The summed E-state index contributed by atoms with van der Waals surface area (Å²) in [4.78, 5) is 31.1. The number of carbonyl (C=O) groups excluding carboxylic acids is 2. The lowest BCUT2D eigenvalue weighted by atomic mass is 10.1. The molecule has 9 heteroatoms. The maximum absolute atomic E-state index is 12.8. The van der Waals surface area contributed by atoms with E-state index in [2.05, 4.69) is 37.6 Å². The molecule has 2 aromatic heterocycles. The van der Waals surface area contributed by atoms with Gasteiger partial charge in [0.2, 0.25) is 0 Å². The molecule has 0 radical (unpaired) electrons. The Hall–Kier alpha value is -2.91. The van der Waals surface area contributed by atoms with E-state index in [1.807, 2.05) is 38.1 Å². The smallest absolute Gasteiger partial charge is 0.261 e. The Morgan fingerprint density at radius 2 is 1.84 bits per heavy atom. The molecule has 164 valence electrons. The van der Waals surface area contributed by atoms with E-state index in [9.17, 15) is 9.59 Å². The lowest BCUT2D eigenvalue weighted by Gasteiger charge is -2.35. The van der Waals surface area contributed by atoms with Crippen LogP contribution in [0.5, 0.6) is 0 Å². The Morgan fingerprint density at radius 1 is 1.13 bits per heavy atom. The molecule has 1 aromatic carbocycles. The second-order valence-corrected chi connectivity index (χ2v) is 9.03. The van der Waals surface area contributed by atoms with Crippen molar-refractivity contribution in [3.05, 3.63) is 40.8 Å². The first-order chi connectivity index (χ1) is 14.9. The van der Waals surface area contributed by atoms with Crippen LogP contribution >= 0.6 is 11.3 Å². The average Bonchev–Trinajstić information content (AvgIpc) is 3.35. The molecule has 1 aliphatic rings. The van der Waals surface area contributed by atoms with Crippen molar-refractivity contribution in [2.75, 3.05) is 42.9 Å². The molecule has 0 atom stereocenters. The number of anilines is 2. The molecule has 1 saturated heterocycles. The van der Waals surface area contributed by atoms with E-state index in [0.29, 0.717) is 16.3 Å². The number of thiophene rings is 1. The highest BCUT2D eigenvalue weighted by Gasteiger charge is 2.19. The fraction of sp³-hybridized carbons (Fsp3) is 0.409. The molecule has 1 aliphatic heterocycles. The van der Waals surface area contributed by atoms with E-state index in [1.54, 1.807) is 6.07 Å². The largest absolute Gasteiger partial charge is 0.369 e. The molecule has 3 heterocycles. The monoisotopic (exact) mass is 440 g/mol. The molecule has 3 N–H and O–H groups in total. The van der Waals surface area contributed by atoms with Gasteiger partial charge < -0.3 is 20.4 Å². The lowest BCUT2D eigenvalue weighted by Crippen LogP contribution is -2.46. The number of piperazine rings is 1. The van der Waals surface area contributed by atoms with Crippen molar-refractivity contribution in [2.45, 2.75) is 26.8 Å². The van der Waals surface area contributed by atoms with E-state index in [4.69, 9.17) is 0 Å². The molecule has 1 fully saturated rings. The fourth-order valence-electron chi connectivity index (χ4n) is 3.68. The molecule has 0 spiro atoms. The molecule has 2 amide bonds. The SMILES string of the molecule is CCN1CCN(c2ccc(C(=O)Nc3n[nH]c4sc(C(=O)NC(C)C)cc34)cc2)CC1. The number of nitrogens with zero attached hydrogens (tertiary/aromatic N) is 3. The number of rotatable bonds is 6. The topological polar surface area (TPSA) is 93.4 Å². The first kappa shape index (κ1) is 21.3. The summed E-state index contributed by atoms with van der Waals surface area (Å²) < 4.78 is 0. The van der Waals surface area contributed by atoms with Crippen LogP contribution in [0.25, 0.3) is 10.2 Å². The standard InChI is InChI=1S/C22H28N6O2S/c1-4-27-9-11-28(12-10-27)16-7-5-15(6-8-16)20(29)24-19-17-13-18(21(30)23-14(2)3)31-22(17)26-25-19/h5-8,13-14H,4,9-12H2,1-3H3,(H,23,30)(H2,24,25,26,29). The maximum atomic E-state index is 12.8. The molecular formula is C22H28N6O2S. The van der Waals surface area contributed by atoms with Gasteiger partial charge in [-0.15, -0.1) is 11.3 Å². The van der Waals surface area contributed by atoms with Crippen LogP contribution in [0.1, 0.15) is 40.8 Å². The third-order valence-electron chi connectivity index (χ3n) is 5.45. The second kappa shape index (κ2) is 9.07. The van der Waals surface area contributed by atoms with Gasteiger partial charge in [0.15, 0.2) is 5.82 Å². The minimum absolute atomic E-state index is 0.0590. The van der Waals surface area contributed by atoms with Gasteiger partial charge in [-0.3, -0.25) is 14.7 Å². The van der Waals surface area contributed by atoms with Crippen molar-refractivity contribution in [1.82, 2.24) is 20.4 Å². The van der Waals surface area contributed by atoms with Crippen molar-refractivity contribution in [2.24, 2.45) is 0 Å². The van der Waals surface area contributed by atoms with E-state index >= 15 is 0 Å². The number of nitrogens with one attached hydrogen (secondary N) is 3. The molecule has 0 bridgehead atoms. The molecule has 8 nitrogen and oxygen atoms in total. The number of aromatic nitrogens is 2. The van der Waals surface area contributed by atoms with Gasteiger partial charge in [0, 0.05) is 43.5 Å². The number of benzene rings is 1. The van der Waals surface area contributed by atoms with Gasteiger partial charge in [0.25, 0.3) is 11.8 Å². The van der Waals surface area contributed by atoms with Gasteiger partial charge in [0.1, 0.15) is 4.83 Å². The van der Waals surface area contributed by atoms with Crippen LogP contribution in [0.2, 0.25) is 0 Å². The Labute approximate surface area is 185 Å². The molecule has 3 aromatic rings. The lowest BCUT2D eigenvalue weighted by molar-refractivity contribution is 0.0946. The van der Waals surface area contributed by atoms with Gasteiger partial charge in [-0.05, 0) is 50.7 Å². The van der Waals surface area contributed by atoms with Gasteiger partial charge in [-0.2, -0.15) is 5.10 Å². The minimum Gasteiger partial charge on any atom is -0.369 e. The van der Waals surface area contributed by atoms with Crippen LogP contribution < -0.4 is 15.5 Å². The zero-order chi connectivity index (χ0) is 22.0. The first-order valence-corrected chi connectivity index (χ1v) is 11.4. The predicted molar refractivity (Wildman–Crippen MR) is 125 cm³/mol. The zero-order valence-electron chi connectivity index (χ0n) is 18.1. The van der Waals surface area contributed by atoms with Gasteiger partial charge >= 0.3 is 0 Å². The summed E-state index contributed by atoms with van der Waals surface area (Å²) in [5.74, 6) is 0.0759. The number of aromatic amines is 1. The normalized spacial score (nSPS) is 14.9. The van der Waals surface area contributed by atoms with Crippen LogP contribution in [0.3, 0.4) is 0 Å². The third kappa shape index (κ3) is 4.72. The van der Waals surface area contributed by atoms with Crippen LogP contribution in [0, 0.1) is 0 Å². The summed E-state index contributed by atoms with van der Waals surface area (Å²) >= 11 is 1.32. The van der Waals surface area contributed by atoms with Gasteiger partial charge in [-0.25, -0.2) is 0 Å². The molecule has 31 heavy (non-hydrogen) atoms. The highest BCUT2D eigenvalue weighted by molar-refractivity contribution is 7.20. The molecule has 4 rings (SSSR count). The number of likely N-dealkylation sites (N-methyl/N-ethyl adjacent to an activating group) is 1. The molecule has 0 saturated carbocycles. The fourth-order valence-corrected chi connectivity index (χ4v) is 4.59. The number of H-pyrrole nitrogens is 1. The van der Waals surface area contributed by atoms with Crippen LogP contribution in [0.4, 0.5) is 11.5 Å². The van der Waals surface area contributed by atoms with Crippen molar-refractivity contribution >= 4 is 44.9 Å². The molecular weight excluding hydrogens is 412 g/mol. The highest BCUT2D eigenvalue weighted by atomic mass is 32.1. The number of carbonyl (C=O) groups is 2. The van der Waals surface area contributed by atoms with E-state index in [0.717, 1.165) is 48.6 Å². The zero-order valence-corrected chi connectivity index (χ0v) is 18.9. The number of hydrogen-bond donors (Lipinski definition) is 3. The summed E-state index contributed by atoms with van der Waals surface area (Å²) in [5.41, 5.74) is 1.70. The van der Waals surface area contributed by atoms with Crippen LogP contribution in [-0.2, 0) is 0 Å².